The van der Waals surface area contributed by atoms with Crippen LogP contribution in [0.3, 0.4) is 0 Å². The molecule has 0 saturated carbocycles. The van der Waals surface area contributed by atoms with Crippen LogP contribution >= 0.6 is 23.2 Å². The van der Waals surface area contributed by atoms with Crippen molar-refractivity contribution < 1.29 is 17.6 Å². The number of nitrogens with zero attached hydrogens (tertiary/aromatic N) is 1. The molecule has 1 heterocycles. The summed E-state index contributed by atoms with van der Waals surface area (Å²) in [6, 6.07) is 12.6. The Morgan fingerprint density at radius 2 is 1.87 bits per heavy atom. The average molecular weight is 479 g/mol. The van der Waals surface area contributed by atoms with Crippen LogP contribution in [0.5, 0.6) is 0 Å². The smallest absolute Gasteiger partial charge is 0.244 e. The Hall–Kier alpha value is -2.74. The lowest BCUT2D eigenvalue weighted by Gasteiger charge is -2.18. The molecule has 0 saturated heterocycles. The van der Waals surface area contributed by atoms with Gasteiger partial charge in [0.1, 0.15) is 11.1 Å². The molecule has 1 atom stereocenters. The van der Waals surface area contributed by atoms with E-state index in [9.17, 15) is 17.6 Å². The van der Waals surface area contributed by atoms with Crippen LogP contribution in [0.25, 0.3) is 6.08 Å². The molecule has 2 aromatic carbocycles. The lowest BCUT2D eigenvalue weighted by molar-refractivity contribution is -0.116. The third-order valence-corrected chi connectivity index (χ3v) is 7.09. The molecule has 0 aliphatic carbocycles. The summed E-state index contributed by atoms with van der Waals surface area (Å²) in [5.74, 6) is -1.05. The molecule has 0 spiro atoms. The fourth-order valence-corrected chi connectivity index (χ4v) is 4.93. The molecule has 9 heteroatoms. The monoisotopic (exact) mass is 478 g/mol. The molecule has 0 aliphatic rings. The predicted octanol–water partition coefficient (Wildman–Crippen LogP) is 4.87. The van der Waals surface area contributed by atoms with Gasteiger partial charge in [0.05, 0.1) is 4.90 Å². The van der Waals surface area contributed by atoms with E-state index in [1.54, 1.807) is 30.3 Å². The van der Waals surface area contributed by atoms with Crippen molar-refractivity contribution in [1.82, 2.24) is 10.3 Å². The van der Waals surface area contributed by atoms with E-state index in [-0.39, 0.29) is 11.4 Å². The molecular formula is C22H17Cl2FN2O3S. The second kappa shape index (κ2) is 10.0. The SMILES string of the molecule is O=C(/C=C/c1ccc(Cl)cc1Cl)NCC(c1cccnc1)S(=O)(=O)c1ccc(F)cc1. The Balaban J connectivity index is 1.80. The van der Waals surface area contributed by atoms with Gasteiger partial charge in [0.2, 0.25) is 5.91 Å². The summed E-state index contributed by atoms with van der Waals surface area (Å²) in [5, 5.41) is 2.33. The second-order valence-corrected chi connectivity index (χ2v) is 9.49. The zero-order chi connectivity index (χ0) is 22.4. The molecule has 3 rings (SSSR count). The Labute approximate surface area is 189 Å². The maximum Gasteiger partial charge on any atom is 0.244 e. The zero-order valence-corrected chi connectivity index (χ0v) is 18.3. The van der Waals surface area contributed by atoms with Crippen LogP contribution in [0.4, 0.5) is 4.39 Å². The number of rotatable bonds is 7. The number of carbonyl (C=O) groups excluding carboxylic acids is 1. The topological polar surface area (TPSA) is 76.1 Å². The van der Waals surface area contributed by atoms with Crippen LogP contribution in [0, 0.1) is 5.82 Å². The van der Waals surface area contributed by atoms with Crippen LogP contribution in [0.1, 0.15) is 16.4 Å². The van der Waals surface area contributed by atoms with Gasteiger partial charge in [0, 0.05) is 35.1 Å². The van der Waals surface area contributed by atoms with Crippen LogP contribution in [-0.2, 0) is 14.6 Å². The Bertz CT molecular complexity index is 1200. The summed E-state index contributed by atoms with van der Waals surface area (Å²) in [6.07, 6.45) is 5.69. The number of aromatic nitrogens is 1. The standard InChI is InChI=1S/C22H17Cl2FN2O3S/c23-17-5-3-15(20(24)12-17)4-10-22(28)27-14-21(16-2-1-11-26-13-16)31(29,30)19-8-6-18(25)7-9-19/h1-13,21H,14H2,(H,27,28)/b10-4+. The highest BCUT2D eigenvalue weighted by Gasteiger charge is 2.29. The molecule has 1 N–H and O–H groups in total. The lowest BCUT2D eigenvalue weighted by Crippen LogP contribution is -2.31. The van der Waals surface area contributed by atoms with Gasteiger partial charge in [-0.25, -0.2) is 12.8 Å². The van der Waals surface area contributed by atoms with Gasteiger partial charge in [-0.1, -0.05) is 35.3 Å². The zero-order valence-electron chi connectivity index (χ0n) is 16.0. The van der Waals surface area contributed by atoms with E-state index in [1.807, 2.05) is 0 Å². The predicted molar refractivity (Wildman–Crippen MR) is 119 cm³/mol. The van der Waals surface area contributed by atoms with Crippen LogP contribution in [-0.4, -0.2) is 25.9 Å². The van der Waals surface area contributed by atoms with Gasteiger partial charge in [-0.15, -0.1) is 0 Å². The molecule has 1 unspecified atom stereocenters. The first kappa shape index (κ1) is 22.9. The molecular weight excluding hydrogens is 462 g/mol. The second-order valence-electron chi connectivity index (χ2n) is 6.52. The quantitative estimate of drug-likeness (QED) is 0.388. The van der Waals surface area contributed by atoms with Gasteiger partial charge in [-0.3, -0.25) is 9.78 Å². The van der Waals surface area contributed by atoms with Crippen molar-refractivity contribution in [2.75, 3.05) is 6.54 Å². The fraction of sp³-hybridized carbons (Fsp3) is 0.0909. The minimum Gasteiger partial charge on any atom is -0.351 e. The summed E-state index contributed by atoms with van der Waals surface area (Å²) < 4.78 is 39.6. The van der Waals surface area contributed by atoms with E-state index in [0.717, 1.165) is 12.1 Å². The van der Waals surface area contributed by atoms with Gasteiger partial charge >= 0.3 is 0 Å². The molecule has 0 radical (unpaired) electrons. The third kappa shape index (κ3) is 5.91. The largest absolute Gasteiger partial charge is 0.351 e. The van der Waals surface area contributed by atoms with Crippen molar-refractivity contribution in [3.63, 3.8) is 0 Å². The van der Waals surface area contributed by atoms with E-state index in [2.05, 4.69) is 10.3 Å². The van der Waals surface area contributed by atoms with Gasteiger partial charge < -0.3 is 5.32 Å². The minimum atomic E-state index is -3.93. The molecule has 31 heavy (non-hydrogen) atoms. The van der Waals surface area contributed by atoms with E-state index in [1.165, 1.54) is 36.7 Å². The Kier molecular flexibility index (Phi) is 7.43. The number of pyridine rings is 1. The first-order valence-electron chi connectivity index (χ1n) is 9.08. The van der Waals surface area contributed by atoms with Crippen molar-refractivity contribution in [3.8, 4) is 0 Å². The van der Waals surface area contributed by atoms with E-state index < -0.39 is 26.8 Å². The Morgan fingerprint density at radius 1 is 1.13 bits per heavy atom. The van der Waals surface area contributed by atoms with Crippen LogP contribution < -0.4 is 5.32 Å². The molecule has 3 aromatic rings. The molecule has 0 aliphatic heterocycles. The van der Waals surface area contributed by atoms with Crippen molar-refractivity contribution in [2.45, 2.75) is 10.1 Å². The maximum absolute atomic E-state index is 13.2. The number of halogens is 3. The number of hydrogen-bond acceptors (Lipinski definition) is 4. The van der Waals surface area contributed by atoms with Crippen molar-refractivity contribution >= 4 is 45.0 Å². The van der Waals surface area contributed by atoms with Crippen molar-refractivity contribution in [2.24, 2.45) is 0 Å². The summed E-state index contributed by atoms with van der Waals surface area (Å²) in [6.45, 7) is -0.205. The van der Waals surface area contributed by atoms with Crippen LogP contribution in [0.2, 0.25) is 10.0 Å². The molecule has 1 amide bonds. The van der Waals surface area contributed by atoms with Gasteiger partial charge in [0.15, 0.2) is 9.84 Å². The summed E-state index contributed by atoms with van der Waals surface area (Å²) >= 11 is 11.9. The normalized spacial score (nSPS) is 12.6. The molecule has 0 fully saturated rings. The first-order chi connectivity index (χ1) is 14.8. The number of hydrogen-bond donors (Lipinski definition) is 1. The average Bonchev–Trinajstić information content (AvgIpc) is 2.74. The van der Waals surface area contributed by atoms with E-state index >= 15 is 0 Å². The number of amides is 1. The number of nitrogens with one attached hydrogen (secondary N) is 1. The molecule has 160 valence electrons. The summed E-state index contributed by atoms with van der Waals surface area (Å²) in [4.78, 5) is 16.2. The maximum atomic E-state index is 13.2. The minimum absolute atomic E-state index is 0.0551. The number of sulfone groups is 1. The van der Waals surface area contributed by atoms with Gasteiger partial charge in [-0.05, 0) is 59.7 Å². The van der Waals surface area contributed by atoms with Gasteiger partial charge in [0.25, 0.3) is 0 Å². The fourth-order valence-electron chi connectivity index (χ4n) is 2.82. The third-order valence-electron chi connectivity index (χ3n) is 4.41. The number of benzene rings is 2. The highest BCUT2D eigenvalue weighted by atomic mass is 35.5. The van der Waals surface area contributed by atoms with Gasteiger partial charge in [-0.2, -0.15) is 0 Å². The van der Waals surface area contributed by atoms with E-state index in [0.29, 0.717) is 21.2 Å². The van der Waals surface area contributed by atoms with E-state index in [4.69, 9.17) is 23.2 Å². The van der Waals surface area contributed by atoms with Crippen molar-refractivity contribution in [3.05, 3.63) is 100 Å². The number of carbonyl (C=O) groups is 1. The van der Waals surface area contributed by atoms with Crippen molar-refractivity contribution in [1.29, 1.82) is 0 Å². The van der Waals surface area contributed by atoms with Crippen LogP contribution in [0.15, 0.2) is 78.0 Å². The first-order valence-corrected chi connectivity index (χ1v) is 11.4. The summed E-state index contributed by atoms with van der Waals surface area (Å²) in [7, 11) is -3.93. The lowest BCUT2D eigenvalue weighted by atomic mass is 10.2. The highest BCUT2D eigenvalue weighted by molar-refractivity contribution is 7.91. The molecule has 0 bridgehead atoms. The summed E-state index contributed by atoms with van der Waals surface area (Å²) in [5.41, 5.74) is 0.987. The molecule has 1 aromatic heterocycles. The molecule has 5 nitrogen and oxygen atoms in total. The highest BCUT2D eigenvalue weighted by Crippen LogP contribution is 2.28. The Morgan fingerprint density at radius 3 is 2.52 bits per heavy atom.